The molecule has 0 bridgehead atoms. The number of hydrogen-bond donors (Lipinski definition) is 0. The van der Waals surface area contributed by atoms with Gasteiger partial charge in [-0.2, -0.15) is 0 Å². The standard InChI is InChI=1S/C10H8FNO3/c1-5-12-8-4-9(15-6(2)13)7(11)3-10(8)14-5/h3-4H,1-2H3. The van der Waals surface area contributed by atoms with Crippen molar-refractivity contribution in [2.75, 3.05) is 0 Å². The molecule has 15 heavy (non-hydrogen) atoms. The molecule has 4 nitrogen and oxygen atoms in total. The highest BCUT2D eigenvalue weighted by Crippen LogP contribution is 2.25. The highest BCUT2D eigenvalue weighted by molar-refractivity contribution is 5.77. The summed E-state index contributed by atoms with van der Waals surface area (Å²) in [5.74, 6) is -0.921. The largest absolute Gasteiger partial charge is 0.441 e. The Morgan fingerprint density at radius 1 is 1.53 bits per heavy atom. The monoisotopic (exact) mass is 209 g/mol. The maximum atomic E-state index is 13.3. The molecule has 0 atom stereocenters. The Kier molecular flexibility index (Phi) is 2.15. The van der Waals surface area contributed by atoms with Gasteiger partial charge in [-0.1, -0.05) is 0 Å². The van der Waals surface area contributed by atoms with E-state index in [0.717, 1.165) is 6.07 Å². The maximum Gasteiger partial charge on any atom is 0.308 e. The molecule has 1 aromatic carbocycles. The number of aromatic nitrogens is 1. The van der Waals surface area contributed by atoms with Crippen LogP contribution in [0.15, 0.2) is 16.5 Å². The zero-order valence-corrected chi connectivity index (χ0v) is 8.20. The average molecular weight is 209 g/mol. The second-order valence-corrected chi connectivity index (χ2v) is 3.08. The van der Waals surface area contributed by atoms with Gasteiger partial charge in [0.25, 0.3) is 0 Å². The normalized spacial score (nSPS) is 10.6. The lowest BCUT2D eigenvalue weighted by atomic mass is 10.3. The smallest absolute Gasteiger partial charge is 0.308 e. The molecule has 0 fully saturated rings. The maximum absolute atomic E-state index is 13.3. The van der Waals surface area contributed by atoms with E-state index >= 15 is 0 Å². The number of rotatable bonds is 1. The van der Waals surface area contributed by atoms with Gasteiger partial charge in [-0.05, 0) is 0 Å². The van der Waals surface area contributed by atoms with Crippen LogP contribution in [0.4, 0.5) is 4.39 Å². The number of carbonyl (C=O) groups is 1. The summed E-state index contributed by atoms with van der Waals surface area (Å²) in [5, 5.41) is 0. The first-order valence-corrected chi connectivity index (χ1v) is 4.31. The first-order chi connectivity index (χ1) is 7.06. The predicted molar refractivity (Wildman–Crippen MR) is 50.0 cm³/mol. The Morgan fingerprint density at radius 3 is 2.93 bits per heavy atom. The van der Waals surface area contributed by atoms with Crippen molar-refractivity contribution in [2.45, 2.75) is 13.8 Å². The number of fused-ring (bicyclic) bond motifs is 1. The van der Waals surface area contributed by atoms with Crippen LogP contribution in [0, 0.1) is 12.7 Å². The number of carbonyl (C=O) groups excluding carboxylic acids is 1. The Morgan fingerprint density at radius 2 is 2.27 bits per heavy atom. The van der Waals surface area contributed by atoms with Crippen molar-refractivity contribution in [3.8, 4) is 5.75 Å². The lowest BCUT2D eigenvalue weighted by molar-refractivity contribution is -0.132. The zero-order chi connectivity index (χ0) is 11.0. The molecule has 0 radical (unpaired) electrons. The van der Waals surface area contributed by atoms with Gasteiger partial charge >= 0.3 is 5.97 Å². The molecule has 2 aromatic rings. The molecule has 5 heteroatoms. The van der Waals surface area contributed by atoms with Crippen molar-refractivity contribution < 1.29 is 18.3 Å². The van der Waals surface area contributed by atoms with E-state index in [2.05, 4.69) is 9.72 Å². The van der Waals surface area contributed by atoms with Crippen LogP contribution in [0.3, 0.4) is 0 Å². The summed E-state index contributed by atoms with van der Waals surface area (Å²) in [4.78, 5) is 14.7. The molecule has 0 aliphatic rings. The van der Waals surface area contributed by atoms with Crippen molar-refractivity contribution in [3.63, 3.8) is 0 Å². The van der Waals surface area contributed by atoms with Crippen LogP contribution in [0.1, 0.15) is 12.8 Å². The van der Waals surface area contributed by atoms with E-state index in [4.69, 9.17) is 4.42 Å². The zero-order valence-electron chi connectivity index (χ0n) is 8.20. The number of oxazole rings is 1. The number of benzene rings is 1. The number of halogens is 1. The number of ether oxygens (including phenoxy) is 1. The first kappa shape index (κ1) is 9.64. The Balaban J connectivity index is 2.55. The van der Waals surface area contributed by atoms with Crippen LogP contribution in [0.25, 0.3) is 11.1 Å². The van der Waals surface area contributed by atoms with Crippen LogP contribution in [-0.2, 0) is 4.79 Å². The van der Waals surface area contributed by atoms with Crippen LogP contribution in [0.2, 0.25) is 0 Å². The molecule has 1 aromatic heterocycles. The first-order valence-electron chi connectivity index (χ1n) is 4.31. The molecule has 0 saturated heterocycles. The third-order valence-corrected chi connectivity index (χ3v) is 1.80. The van der Waals surface area contributed by atoms with Crippen LogP contribution < -0.4 is 4.74 Å². The summed E-state index contributed by atoms with van der Waals surface area (Å²) in [5.41, 5.74) is 0.797. The highest BCUT2D eigenvalue weighted by Gasteiger charge is 2.11. The molecule has 1 heterocycles. The summed E-state index contributed by atoms with van der Waals surface area (Å²) < 4.78 is 23.1. The van der Waals surface area contributed by atoms with Gasteiger partial charge in [0.1, 0.15) is 5.52 Å². The summed E-state index contributed by atoms with van der Waals surface area (Å²) in [6, 6.07) is 2.48. The Bertz CT molecular complexity index is 533. The van der Waals surface area contributed by atoms with Gasteiger partial charge in [-0.3, -0.25) is 4.79 Å². The van der Waals surface area contributed by atoms with Gasteiger partial charge in [0, 0.05) is 26.0 Å². The van der Waals surface area contributed by atoms with Gasteiger partial charge < -0.3 is 9.15 Å². The van der Waals surface area contributed by atoms with Crippen LogP contribution >= 0.6 is 0 Å². The molecule has 0 amide bonds. The van der Waals surface area contributed by atoms with Crippen molar-refractivity contribution in [2.24, 2.45) is 0 Å². The summed E-state index contributed by atoms with van der Waals surface area (Å²) >= 11 is 0. The number of nitrogens with zero attached hydrogens (tertiary/aromatic N) is 1. The van der Waals surface area contributed by atoms with E-state index in [-0.39, 0.29) is 5.75 Å². The van der Waals surface area contributed by atoms with E-state index < -0.39 is 11.8 Å². The topological polar surface area (TPSA) is 52.3 Å². The number of esters is 1. The number of aryl methyl sites for hydroxylation is 1. The fourth-order valence-electron chi connectivity index (χ4n) is 1.28. The third-order valence-electron chi connectivity index (χ3n) is 1.80. The van der Waals surface area contributed by atoms with E-state index in [1.165, 1.54) is 13.0 Å². The Hall–Kier alpha value is -1.91. The molecular formula is C10H8FNO3. The van der Waals surface area contributed by atoms with Crippen molar-refractivity contribution in [1.82, 2.24) is 4.98 Å². The predicted octanol–water partition coefficient (Wildman–Crippen LogP) is 2.20. The molecule has 0 unspecified atom stereocenters. The second kappa shape index (κ2) is 3.34. The lowest BCUT2D eigenvalue weighted by Gasteiger charge is -2.01. The van der Waals surface area contributed by atoms with Gasteiger partial charge in [-0.25, -0.2) is 9.37 Å². The van der Waals surface area contributed by atoms with E-state index in [0.29, 0.717) is 17.0 Å². The Labute approximate surface area is 84.7 Å². The summed E-state index contributed by atoms with van der Waals surface area (Å²) in [6.45, 7) is 2.86. The SMILES string of the molecule is CC(=O)Oc1cc2nc(C)oc2cc1F. The summed E-state index contributed by atoms with van der Waals surface area (Å²) in [7, 11) is 0. The van der Waals surface area contributed by atoms with Gasteiger partial charge in [0.05, 0.1) is 0 Å². The average Bonchev–Trinajstić information content (AvgIpc) is 2.44. The molecular weight excluding hydrogens is 201 g/mol. The van der Waals surface area contributed by atoms with Gasteiger partial charge in [0.15, 0.2) is 23.0 Å². The lowest BCUT2D eigenvalue weighted by Crippen LogP contribution is -2.02. The fraction of sp³-hybridized carbons (Fsp3) is 0.200. The minimum Gasteiger partial charge on any atom is -0.441 e. The van der Waals surface area contributed by atoms with Crippen molar-refractivity contribution in [1.29, 1.82) is 0 Å². The highest BCUT2D eigenvalue weighted by atomic mass is 19.1. The summed E-state index contributed by atoms with van der Waals surface area (Å²) in [6.07, 6.45) is 0. The fourth-order valence-corrected chi connectivity index (χ4v) is 1.28. The minimum atomic E-state index is -0.645. The van der Waals surface area contributed by atoms with E-state index in [1.807, 2.05) is 0 Å². The van der Waals surface area contributed by atoms with Gasteiger partial charge in [-0.15, -0.1) is 0 Å². The molecule has 0 saturated carbocycles. The molecule has 78 valence electrons. The quantitative estimate of drug-likeness (QED) is 0.533. The van der Waals surface area contributed by atoms with E-state index in [1.54, 1.807) is 6.92 Å². The van der Waals surface area contributed by atoms with Gasteiger partial charge in [0.2, 0.25) is 0 Å². The van der Waals surface area contributed by atoms with Crippen molar-refractivity contribution >= 4 is 17.1 Å². The molecule has 0 spiro atoms. The second-order valence-electron chi connectivity index (χ2n) is 3.08. The number of hydrogen-bond acceptors (Lipinski definition) is 4. The molecule has 0 aliphatic heterocycles. The minimum absolute atomic E-state index is 0.136. The molecule has 2 rings (SSSR count). The van der Waals surface area contributed by atoms with Crippen LogP contribution in [0.5, 0.6) is 5.75 Å². The molecule has 0 N–H and O–H groups in total. The van der Waals surface area contributed by atoms with Crippen molar-refractivity contribution in [3.05, 3.63) is 23.8 Å². The molecule has 0 aliphatic carbocycles. The third kappa shape index (κ3) is 1.81. The van der Waals surface area contributed by atoms with E-state index in [9.17, 15) is 9.18 Å². The van der Waals surface area contributed by atoms with Crippen LogP contribution in [-0.4, -0.2) is 11.0 Å².